The number of aliphatic hydroxyl groups is 1. The van der Waals surface area contributed by atoms with Gasteiger partial charge in [-0.3, -0.25) is 14.9 Å². The highest BCUT2D eigenvalue weighted by atomic mass is 16.3. The Labute approximate surface area is 158 Å². The minimum Gasteiger partial charge on any atom is -0.388 e. The van der Waals surface area contributed by atoms with Crippen molar-refractivity contribution in [1.29, 1.82) is 0 Å². The van der Waals surface area contributed by atoms with Gasteiger partial charge in [-0.2, -0.15) is 0 Å². The second-order valence-electron chi connectivity index (χ2n) is 7.14. The van der Waals surface area contributed by atoms with Crippen molar-refractivity contribution in [1.82, 2.24) is 20.5 Å². The molecule has 1 saturated heterocycles. The lowest BCUT2D eigenvalue weighted by Gasteiger charge is -2.33. The summed E-state index contributed by atoms with van der Waals surface area (Å²) in [5.74, 6) is 0.816. The van der Waals surface area contributed by atoms with Crippen LogP contribution in [0.5, 0.6) is 0 Å². The Morgan fingerprint density at radius 3 is 2.58 bits per heavy atom. The number of rotatable bonds is 8. The third-order valence-electron chi connectivity index (χ3n) is 5.23. The molecule has 0 spiro atoms. The van der Waals surface area contributed by atoms with Crippen molar-refractivity contribution in [3.63, 3.8) is 0 Å². The van der Waals surface area contributed by atoms with Gasteiger partial charge in [0.15, 0.2) is 5.96 Å². The Hall–Kier alpha value is -1.66. The van der Waals surface area contributed by atoms with Crippen LogP contribution in [0.25, 0.3) is 0 Å². The first-order valence-electron chi connectivity index (χ1n) is 9.98. The van der Waals surface area contributed by atoms with Gasteiger partial charge in [-0.1, -0.05) is 19.9 Å². The van der Waals surface area contributed by atoms with Crippen molar-refractivity contribution >= 4 is 5.96 Å². The van der Waals surface area contributed by atoms with Gasteiger partial charge in [0.05, 0.1) is 17.8 Å². The van der Waals surface area contributed by atoms with E-state index in [1.165, 1.54) is 0 Å². The molecule has 0 saturated carbocycles. The molecule has 2 rings (SSSR count). The van der Waals surface area contributed by atoms with Crippen molar-refractivity contribution in [2.24, 2.45) is 4.99 Å². The predicted octanol–water partition coefficient (Wildman–Crippen LogP) is 2.15. The minimum absolute atomic E-state index is 0.420. The van der Waals surface area contributed by atoms with Gasteiger partial charge in [-0.15, -0.1) is 0 Å². The molecule has 3 N–H and O–H groups in total. The summed E-state index contributed by atoms with van der Waals surface area (Å²) in [4.78, 5) is 11.5. The maximum absolute atomic E-state index is 10.5. The highest BCUT2D eigenvalue weighted by Gasteiger charge is 2.23. The van der Waals surface area contributed by atoms with Gasteiger partial charge in [0.1, 0.15) is 0 Å². The number of nitrogens with one attached hydrogen (secondary N) is 2. The number of nitrogens with zero attached hydrogens (tertiary/aromatic N) is 3. The molecule has 1 aromatic heterocycles. The first-order chi connectivity index (χ1) is 12.6. The van der Waals surface area contributed by atoms with Crippen LogP contribution in [0.4, 0.5) is 0 Å². The van der Waals surface area contributed by atoms with Crippen LogP contribution in [0.3, 0.4) is 0 Å². The number of aromatic nitrogens is 1. The van der Waals surface area contributed by atoms with Crippen molar-refractivity contribution in [2.45, 2.75) is 64.6 Å². The Morgan fingerprint density at radius 1 is 1.27 bits per heavy atom. The van der Waals surface area contributed by atoms with Gasteiger partial charge in [0.25, 0.3) is 0 Å². The van der Waals surface area contributed by atoms with Crippen LogP contribution in [0.1, 0.15) is 52.1 Å². The minimum atomic E-state index is -0.700. The summed E-state index contributed by atoms with van der Waals surface area (Å²) < 4.78 is 0. The molecule has 0 atom stereocenters. The maximum Gasteiger partial charge on any atom is 0.191 e. The molecule has 146 valence electrons. The molecule has 0 bridgehead atoms. The standard InChI is InChI=1S/C20H35N5O/c1-4-20(26,5-2)16-23-19(21-6-3)24-17-10-13-25(14-11-17)15-18-9-7-8-12-22-18/h7-9,12,17,26H,4-6,10-11,13-16H2,1-3H3,(H2,21,23,24). The number of guanidine groups is 1. The molecule has 1 aliphatic rings. The normalized spacial score (nSPS) is 17.3. The Bertz CT molecular complexity index is 536. The van der Waals surface area contributed by atoms with Crippen LogP contribution in [0, 0.1) is 0 Å². The van der Waals surface area contributed by atoms with E-state index in [4.69, 9.17) is 0 Å². The maximum atomic E-state index is 10.5. The fourth-order valence-electron chi connectivity index (χ4n) is 3.17. The summed E-state index contributed by atoms with van der Waals surface area (Å²) >= 11 is 0. The quantitative estimate of drug-likeness (QED) is 0.489. The molecule has 26 heavy (non-hydrogen) atoms. The zero-order valence-corrected chi connectivity index (χ0v) is 16.5. The Balaban J connectivity index is 1.83. The van der Waals surface area contributed by atoms with Gasteiger partial charge in [0.2, 0.25) is 0 Å². The van der Waals surface area contributed by atoms with Crippen molar-refractivity contribution in [3.05, 3.63) is 30.1 Å². The second kappa shape index (κ2) is 10.5. The van der Waals surface area contributed by atoms with E-state index in [2.05, 4.69) is 38.5 Å². The van der Waals surface area contributed by atoms with Gasteiger partial charge < -0.3 is 15.7 Å². The topological polar surface area (TPSA) is 72.8 Å². The molecule has 0 radical (unpaired) electrons. The number of likely N-dealkylation sites (tertiary alicyclic amines) is 1. The summed E-state index contributed by atoms with van der Waals surface area (Å²) in [5, 5.41) is 17.3. The lowest BCUT2D eigenvalue weighted by atomic mass is 9.98. The molecule has 1 aliphatic heterocycles. The summed E-state index contributed by atoms with van der Waals surface area (Å²) in [7, 11) is 0. The zero-order valence-electron chi connectivity index (χ0n) is 16.5. The molecule has 0 unspecified atom stereocenters. The van der Waals surface area contributed by atoms with Gasteiger partial charge >= 0.3 is 0 Å². The molecule has 1 fully saturated rings. The first-order valence-corrected chi connectivity index (χ1v) is 9.98. The fourth-order valence-corrected chi connectivity index (χ4v) is 3.17. The van der Waals surface area contributed by atoms with E-state index in [0.29, 0.717) is 12.6 Å². The third kappa shape index (κ3) is 6.57. The summed E-state index contributed by atoms with van der Waals surface area (Å²) in [6.07, 6.45) is 5.47. The summed E-state index contributed by atoms with van der Waals surface area (Å²) in [6, 6.07) is 6.51. The monoisotopic (exact) mass is 361 g/mol. The van der Waals surface area contributed by atoms with Crippen LogP contribution in [-0.4, -0.2) is 58.8 Å². The lowest BCUT2D eigenvalue weighted by Crippen LogP contribution is -2.49. The summed E-state index contributed by atoms with van der Waals surface area (Å²) in [6.45, 7) is 10.4. The van der Waals surface area contributed by atoms with Crippen molar-refractivity contribution in [2.75, 3.05) is 26.2 Å². The molecule has 2 heterocycles. The van der Waals surface area contributed by atoms with Crippen molar-refractivity contribution < 1.29 is 5.11 Å². The Morgan fingerprint density at radius 2 is 2.00 bits per heavy atom. The van der Waals surface area contributed by atoms with Gasteiger partial charge in [-0.25, -0.2) is 0 Å². The van der Waals surface area contributed by atoms with E-state index in [1.54, 1.807) is 0 Å². The SMILES string of the molecule is CCNC(=NCC(O)(CC)CC)NC1CCN(Cc2ccccn2)CC1. The fraction of sp³-hybridized carbons (Fsp3) is 0.700. The summed E-state index contributed by atoms with van der Waals surface area (Å²) in [5.41, 5.74) is 0.432. The van der Waals surface area contributed by atoms with E-state index in [-0.39, 0.29) is 0 Å². The van der Waals surface area contributed by atoms with E-state index in [9.17, 15) is 5.11 Å². The van der Waals surface area contributed by atoms with Crippen LogP contribution < -0.4 is 10.6 Å². The van der Waals surface area contributed by atoms with Crippen LogP contribution >= 0.6 is 0 Å². The number of hydrogen-bond acceptors (Lipinski definition) is 4. The lowest BCUT2D eigenvalue weighted by molar-refractivity contribution is 0.0417. The average Bonchev–Trinajstić information content (AvgIpc) is 2.68. The predicted molar refractivity (Wildman–Crippen MR) is 107 cm³/mol. The highest BCUT2D eigenvalue weighted by Crippen LogP contribution is 2.15. The smallest absolute Gasteiger partial charge is 0.191 e. The van der Waals surface area contributed by atoms with Crippen LogP contribution in [0.15, 0.2) is 29.4 Å². The molecule has 1 aromatic rings. The molecule has 0 amide bonds. The van der Waals surface area contributed by atoms with E-state index in [1.807, 2.05) is 32.2 Å². The van der Waals surface area contributed by atoms with Gasteiger partial charge in [-0.05, 0) is 44.7 Å². The molecular formula is C20H35N5O. The van der Waals surface area contributed by atoms with Crippen LogP contribution in [-0.2, 0) is 6.54 Å². The largest absolute Gasteiger partial charge is 0.388 e. The zero-order chi connectivity index (χ0) is 18.8. The number of piperidine rings is 1. The molecular weight excluding hydrogens is 326 g/mol. The Kier molecular flexibility index (Phi) is 8.32. The van der Waals surface area contributed by atoms with Crippen molar-refractivity contribution in [3.8, 4) is 0 Å². The molecule has 0 aliphatic carbocycles. The number of hydrogen-bond donors (Lipinski definition) is 3. The molecule has 0 aromatic carbocycles. The molecule has 6 heteroatoms. The number of pyridine rings is 1. The third-order valence-corrected chi connectivity index (χ3v) is 5.23. The number of aliphatic imine (C=N–C) groups is 1. The van der Waals surface area contributed by atoms with Gasteiger partial charge in [0, 0.05) is 38.4 Å². The highest BCUT2D eigenvalue weighted by molar-refractivity contribution is 5.80. The average molecular weight is 362 g/mol. The first kappa shape index (κ1) is 20.6. The van der Waals surface area contributed by atoms with E-state index in [0.717, 1.165) is 63.5 Å². The van der Waals surface area contributed by atoms with Crippen LogP contribution in [0.2, 0.25) is 0 Å². The van der Waals surface area contributed by atoms with E-state index >= 15 is 0 Å². The van der Waals surface area contributed by atoms with E-state index < -0.39 is 5.60 Å². The second-order valence-corrected chi connectivity index (χ2v) is 7.14. The molecule has 6 nitrogen and oxygen atoms in total.